The van der Waals surface area contributed by atoms with E-state index in [0.29, 0.717) is 12.3 Å². The molecule has 0 unspecified atom stereocenters. The topological polar surface area (TPSA) is 73.9 Å². The van der Waals surface area contributed by atoms with Crippen LogP contribution in [-0.4, -0.2) is 44.3 Å². The van der Waals surface area contributed by atoms with Crippen LogP contribution >= 0.6 is 15.9 Å². The van der Waals surface area contributed by atoms with Crippen molar-refractivity contribution in [3.8, 4) is 5.75 Å². The largest absolute Gasteiger partial charge is 0.482 e. The smallest absolute Gasteiger partial charge is 0.344 e. The Morgan fingerprint density at radius 3 is 2.95 bits per heavy atom. The predicted molar refractivity (Wildman–Crippen MR) is 82.6 cm³/mol. The van der Waals surface area contributed by atoms with Crippen LogP contribution in [0.1, 0.15) is 12.8 Å². The van der Waals surface area contributed by atoms with Gasteiger partial charge in [-0.15, -0.1) is 0 Å². The molecule has 0 aliphatic carbocycles. The minimum Gasteiger partial charge on any atom is -0.482 e. The number of halogens is 1. The average Bonchev–Trinajstić information content (AvgIpc) is 3.02. The third kappa shape index (κ3) is 6.03. The van der Waals surface area contributed by atoms with Crippen molar-refractivity contribution in [2.75, 3.05) is 26.4 Å². The first-order chi connectivity index (χ1) is 10.6. The molecular formula is C15H18BrNO5. The van der Waals surface area contributed by atoms with Crippen LogP contribution in [0.25, 0.3) is 0 Å². The fraction of sp³-hybridized carbons (Fsp3) is 0.467. The van der Waals surface area contributed by atoms with E-state index in [1.54, 1.807) is 18.2 Å². The zero-order valence-electron chi connectivity index (χ0n) is 12.0. The zero-order valence-corrected chi connectivity index (χ0v) is 13.6. The molecule has 1 N–H and O–H groups in total. The lowest BCUT2D eigenvalue weighted by molar-refractivity contribution is -0.150. The van der Waals surface area contributed by atoms with Crippen LogP contribution in [0, 0.1) is 0 Å². The van der Waals surface area contributed by atoms with Gasteiger partial charge in [-0.25, -0.2) is 4.79 Å². The number of ether oxygens (including phenoxy) is 3. The summed E-state index contributed by atoms with van der Waals surface area (Å²) in [5, 5.41) is 2.67. The number of rotatable bonds is 7. The van der Waals surface area contributed by atoms with Gasteiger partial charge in [0.25, 0.3) is 5.91 Å². The van der Waals surface area contributed by atoms with Crippen LogP contribution in [0.3, 0.4) is 0 Å². The van der Waals surface area contributed by atoms with E-state index in [9.17, 15) is 9.59 Å². The van der Waals surface area contributed by atoms with Gasteiger partial charge in [-0.3, -0.25) is 4.79 Å². The Bertz CT molecular complexity index is 516. The van der Waals surface area contributed by atoms with E-state index in [-0.39, 0.29) is 25.2 Å². The molecule has 0 aromatic heterocycles. The first-order valence-electron chi connectivity index (χ1n) is 7.06. The van der Waals surface area contributed by atoms with Crippen molar-refractivity contribution < 1.29 is 23.8 Å². The molecule has 1 aliphatic heterocycles. The highest BCUT2D eigenvalue weighted by atomic mass is 79.9. The fourth-order valence-electron chi connectivity index (χ4n) is 1.97. The van der Waals surface area contributed by atoms with E-state index in [1.807, 2.05) is 6.07 Å². The van der Waals surface area contributed by atoms with Crippen LogP contribution in [0.2, 0.25) is 0 Å². The summed E-state index contributed by atoms with van der Waals surface area (Å²) in [5.74, 6) is -0.382. The van der Waals surface area contributed by atoms with Crippen LogP contribution in [0.5, 0.6) is 5.75 Å². The number of esters is 1. The number of nitrogens with one attached hydrogen (secondary N) is 1. The molecule has 22 heavy (non-hydrogen) atoms. The molecule has 0 saturated carbocycles. The Labute approximate surface area is 137 Å². The second-order valence-corrected chi connectivity index (χ2v) is 5.76. The highest BCUT2D eigenvalue weighted by Crippen LogP contribution is 2.17. The van der Waals surface area contributed by atoms with E-state index in [4.69, 9.17) is 14.2 Å². The van der Waals surface area contributed by atoms with E-state index in [2.05, 4.69) is 21.2 Å². The molecule has 1 aromatic rings. The molecule has 0 radical (unpaired) electrons. The molecule has 1 amide bonds. The van der Waals surface area contributed by atoms with Crippen molar-refractivity contribution in [2.45, 2.75) is 18.9 Å². The number of carbonyl (C=O) groups is 2. The first-order valence-corrected chi connectivity index (χ1v) is 7.85. The van der Waals surface area contributed by atoms with Crippen molar-refractivity contribution in [1.82, 2.24) is 5.32 Å². The molecule has 7 heteroatoms. The molecule has 2 rings (SSSR count). The molecular weight excluding hydrogens is 354 g/mol. The lowest BCUT2D eigenvalue weighted by Crippen LogP contribution is -2.35. The summed E-state index contributed by atoms with van der Waals surface area (Å²) < 4.78 is 16.3. The SMILES string of the molecule is O=C(COC(=O)COc1cccc(Br)c1)NC[C@@H]1CCCO1. The fourth-order valence-corrected chi connectivity index (χ4v) is 2.35. The van der Waals surface area contributed by atoms with Crippen LogP contribution < -0.4 is 10.1 Å². The van der Waals surface area contributed by atoms with Gasteiger partial charge < -0.3 is 19.5 Å². The van der Waals surface area contributed by atoms with Gasteiger partial charge in [0.15, 0.2) is 13.2 Å². The Hall–Kier alpha value is -1.60. The quantitative estimate of drug-likeness (QED) is 0.737. The van der Waals surface area contributed by atoms with Gasteiger partial charge in [0.05, 0.1) is 6.10 Å². The number of hydrogen-bond donors (Lipinski definition) is 1. The van der Waals surface area contributed by atoms with Crippen LogP contribution in [0.4, 0.5) is 0 Å². The van der Waals surface area contributed by atoms with Gasteiger partial charge in [-0.05, 0) is 31.0 Å². The maximum atomic E-state index is 11.5. The van der Waals surface area contributed by atoms with Crippen LogP contribution in [-0.2, 0) is 19.1 Å². The molecule has 1 atom stereocenters. The third-order valence-corrected chi connectivity index (χ3v) is 3.56. The lowest BCUT2D eigenvalue weighted by Gasteiger charge is -2.11. The van der Waals surface area contributed by atoms with Crippen molar-refractivity contribution in [3.05, 3.63) is 28.7 Å². The first kappa shape index (κ1) is 16.8. The molecule has 1 aliphatic rings. The highest BCUT2D eigenvalue weighted by Gasteiger charge is 2.16. The summed E-state index contributed by atoms with van der Waals surface area (Å²) in [5.41, 5.74) is 0. The second kappa shape index (κ2) is 8.75. The van der Waals surface area contributed by atoms with Gasteiger partial charge in [0.2, 0.25) is 0 Å². The Morgan fingerprint density at radius 1 is 1.36 bits per heavy atom. The summed E-state index contributed by atoms with van der Waals surface area (Å²) in [7, 11) is 0. The Morgan fingerprint density at radius 2 is 2.23 bits per heavy atom. The molecule has 6 nitrogen and oxygen atoms in total. The van der Waals surface area contributed by atoms with Crippen molar-refractivity contribution in [1.29, 1.82) is 0 Å². The Balaban J connectivity index is 1.59. The van der Waals surface area contributed by atoms with Crippen molar-refractivity contribution in [2.24, 2.45) is 0 Å². The maximum absolute atomic E-state index is 11.5. The van der Waals surface area contributed by atoms with Gasteiger partial charge in [0.1, 0.15) is 5.75 Å². The van der Waals surface area contributed by atoms with Gasteiger partial charge in [0, 0.05) is 17.6 Å². The molecule has 1 aromatic carbocycles. The number of carbonyl (C=O) groups excluding carboxylic acids is 2. The zero-order chi connectivity index (χ0) is 15.8. The lowest BCUT2D eigenvalue weighted by atomic mass is 10.2. The second-order valence-electron chi connectivity index (χ2n) is 4.85. The minimum atomic E-state index is -0.591. The van der Waals surface area contributed by atoms with E-state index in [0.717, 1.165) is 23.9 Å². The van der Waals surface area contributed by atoms with E-state index >= 15 is 0 Å². The monoisotopic (exact) mass is 371 g/mol. The van der Waals surface area contributed by atoms with Gasteiger partial charge in [-0.1, -0.05) is 22.0 Å². The number of benzene rings is 1. The van der Waals surface area contributed by atoms with Gasteiger partial charge >= 0.3 is 5.97 Å². The molecule has 1 heterocycles. The highest BCUT2D eigenvalue weighted by molar-refractivity contribution is 9.10. The summed E-state index contributed by atoms with van der Waals surface area (Å²) >= 11 is 3.30. The summed E-state index contributed by atoms with van der Waals surface area (Å²) in [4.78, 5) is 23.0. The van der Waals surface area contributed by atoms with Gasteiger partial charge in [-0.2, -0.15) is 0 Å². The maximum Gasteiger partial charge on any atom is 0.344 e. The predicted octanol–water partition coefficient (Wildman–Crippen LogP) is 1.67. The minimum absolute atomic E-state index is 0.0690. The molecule has 1 saturated heterocycles. The average molecular weight is 372 g/mol. The van der Waals surface area contributed by atoms with E-state index in [1.165, 1.54) is 0 Å². The molecule has 120 valence electrons. The summed E-state index contributed by atoms with van der Waals surface area (Å²) in [6, 6.07) is 7.11. The standard InChI is InChI=1S/C15H18BrNO5/c16-11-3-1-4-12(7-11)21-10-15(19)22-9-14(18)17-8-13-5-2-6-20-13/h1,3-4,7,13H,2,5-6,8-10H2,(H,17,18)/t13-/m0/s1. The molecule has 1 fully saturated rings. The molecule has 0 spiro atoms. The summed E-state index contributed by atoms with van der Waals surface area (Å²) in [6.45, 7) is 0.635. The van der Waals surface area contributed by atoms with E-state index < -0.39 is 5.97 Å². The van der Waals surface area contributed by atoms with Crippen molar-refractivity contribution >= 4 is 27.8 Å². The Kier molecular flexibility index (Phi) is 6.67. The summed E-state index contributed by atoms with van der Waals surface area (Å²) in [6.07, 6.45) is 2.03. The van der Waals surface area contributed by atoms with Crippen LogP contribution in [0.15, 0.2) is 28.7 Å². The number of amides is 1. The third-order valence-electron chi connectivity index (χ3n) is 3.07. The number of hydrogen-bond acceptors (Lipinski definition) is 5. The van der Waals surface area contributed by atoms with Crippen molar-refractivity contribution in [3.63, 3.8) is 0 Å². The normalized spacial score (nSPS) is 17.0. The molecule has 0 bridgehead atoms.